The molecule has 1 amide bonds. The second-order valence-electron chi connectivity index (χ2n) is 7.72. The normalized spacial score (nSPS) is 11.4. The number of para-hydroxylation sites is 2. The number of hydrogen-bond donors (Lipinski definition) is 2. The topological polar surface area (TPSA) is 140 Å². The van der Waals surface area contributed by atoms with Crippen LogP contribution in [0.3, 0.4) is 0 Å². The molecule has 0 aliphatic rings. The van der Waals surface area contributed by atoms with Gasteiger partial charge in [-0.2, -0.15) is 0 Å². The number of rotatable bonds is 6. The molecule has 0 heterocycles. The van der Waals surface area contributed by atoms with Crippen LogP contribution in [-0.2, 0) is 10.1 Å². The number of amides is 1. The second-order valence-corrected chi connectivity index (χ2v) is 9.48. The van der Waals surface area contributed by atoms with Crippen LogP contribution in [0, 0.1) is 6.92 Å². The number of anilines is 1. The average molecular weight is 548 g/mol. The molecule has 4 aromatic rings. The number of ether oxygens (including phenoxy) is 1. The van der Waals surface area contributed by atoms with Crippen molar-refractivity contribution in [1.29, 1.82) is 0 Å². The first-order valence-electron chi connectivity index (χ1n) is 10.5. The number of aromatic hydroxyl groups is 1. The van der Waals surface area contributed by atoms with Crippen LogP contribution in [0.25, 0.3) is 10.8 Å². The van der Waals surface area contributed by atoms with Gasteiger partial charge in [0.25, 0.3) is 5.91 Å². The summed E-state index contributed by atoms with van der Waals surface area (Å²) in [5, 5.41) is 22.8. The first kappa shape index (κ1) is 28.6. The fourth-order valence-electron chi connectivity index (χ4n) is 3.56. The Bertz CT molecular complexity index is 1640. The SMILES string of the molecule is COc1ccccc1NC(=O)c1cc2ccccc2c(N=Nc2cc(Cl)c(C)cc2S(=O)(=O)[O-])c1O.[Na+]. The summed E-state index contributed by atoms with van der Waals surface area (Å²) in [5.41, 5.74) is 0.262. The molecule has 37 heavy (non-hydrogen) atoms. The fraction of sp³-hybridized carbons (Fsp3) is 0.0800. The molecule has 0 atom stereocenters. The van der Waals surface area contributed by atoms with Gasteiger partial charge in [-0.3, -0.25) is 4.79 Å². The summed E-state index contributed by atoms with van der Waals surface area (Å²) in [4.78, 5) is 12.5. The van der Waals surface area contributed by atoms with Crippen LogP contribution in [0.5, 0.6) is 11.5 Å². The molecular weight excluding hydrogens is 529 g/mol. The Labute approximate surface area is 240 Å². The Morgan fingerprint density at radius 3 is 2.43 bits per heavy atom. The third-order valence-corrected chi connectivity index (χ3v) is 6.64. The van der Waals surface area contributed by atoms with Gasteiger partial charge in [0, 0.05) is 10.4 Å². The number of phenolic OH excluding ortho intramolecular Hbond substituents is 1. The van der Waals surface area contributed by atoms with E-state index in [2.05, 4.69) is 15.5 Å². The number of methoxy groups -OCH3 is 1. The van der Waals surface area contributed by atoms with Crippen molar-refractivity contribution in [3.8, 4) is 11.5 Å². The predicted octanol–water partition coefficient (Wildman–Crippen LogP) is 3.09. The molecule has 184 valence electrons. The standard InChI is InChI=1S/C25H20ClN3O6S.Na/c1-14-11-22(36(32,33)34)20(13-18(14)26)28-29-23-16-8-4-3-7-15(16)12-17(24(23)30)25(31)27-19-9-5-6-10-21(19)35-2;/h3-13,30H,1-2H3,(H,27,31)(H,32,33,34);/q;+1/p-1. The minimum absolute atomic E-state index is 0. The van der Waals surface area contributed by atoms with Crippen molar-refractivity contribution in [2.24, 2.45) is 10.2 Å². The first-order chi connectivity index (χ1) is 17.1. The molecular formula is C25H19ClN3NaO6S. The quantitative estimate of drug-likeness (QED) is 0.216. The van der Waals surface area contributed by atoms with Crippen molar-refractivity contribution < 1.29 is 57.2 Å². The number of nitrogens with zero attached hydrogens (tertiary/aromatic N) is 2. The van der Waals surface area contributed by atoms with Crippen LogP contribution in [0.2, 0.25) is 5.02 Å². The van der Waals surface area contributed by atoms with Gasteiger partial charge in [0.05, 0.1) is 23.3 Å². The molecule has 0 bridgehead atoms. The zero-order valence-corrected chi connectivity index (χ0v) is 23.6. The number of fused-ring (bicyclic) bond motifs is 1. The van der Waals surface area contributed by atoms with Gasteiger partial charge < -0.3 is 19.7 Å². The van der Waals surface area contributed by atoms with E-state index in [0.29, 0.717) is 27.8 Å². The maximum atomic E-state index is 13.1. The van der Waals surface area contributed by atoms with Gasteiger partial charge in [-0.15, -0.1) is 10.2 Å². The Morgan fingerprint density at radius 2 is 1.73 bits per heavy atom. The molecule has 0 aliphatic heterocycles. The Morgan fingerprint density at radius 1 is 1.05 bits per heavy atom. The van der Waals surface area contributed by atoms with E-state index in [1.165, 1.54) is 19.2 Å². The van der Waals surface area contributed by atoms with Crippen molar-refractivity contribution in [2.45, 2.75) is 11.8 Å². The number of carbonyl (C=O) groups is 1. The van der Waals surface area contributed by atoms with Gasteiger partial charge in [-0.1, -0.05) is 48.0 Å². The Kier molecular flexibility index (Phi) is 8.96. The fourth-order valence-corrected chi connectivity index (χ4v) is 4.39. The maximum absolute atomic E-state index is 13.1. The van der Waals surface area contributed by atoms with Gasteiger partial charge in [-0.05, 0) is 48.2 Å². The molecule has 2 N–H and O–H groups in total. The van der Waals surface area contributed by atoms with Crippen LogP contribution < -0.4 is 39.6 Å². The van der Waals surface area contributed by atoms with Crippen molar-refractivity contribution in [1.82, 2.24) is 0 Å². The van der Waals surface area contributed by atoms with Crippen molar-refractivity contribution in [2.75, 3.05) is 12.4 Å². The number of halogens is 1. The van der Waals surface area contributed by atoms with Crippen LogP contribution in [0.15, 0.2) is 81.9 Å². The number of benzene rings is 4. The van der Waals surface area contributed by atoms with Gasteiger partial charge in [-0.25, -0.2) is 8.42 Å². The van der Waals surface area contributed by atoms with Gasteiger partial charge in [0.2, 0.25) is 0 Å². The summed E-state index contributed by atoms with van der Waals surface area (Å²) in [7, 11) is -3.43. The largest absolute Gasteiger partial charge is 1.00 e. The Balaban J connectivity index is 0.00000380. The molecule has 4 aromatic carbocycles. The molecule has 0 fully saturated rings. The third-order valence-electron chi connectivity index (χ3n) is 5.36. The molecule has 0 spiro atoms. The van der Waals surface area contributed by atoms with Crippen LogP contribution >= 0.6 is 11.6 Å². The molecule has 0 unspecified atom stereocenters. The number of carbonyl (C=O) groups excluding carboxylic acids is 1. The summed E-state index contributed by atoms with van der Waals surface area (Å²) in [6, 6.07) is 17.4. The molecule has 0 saturated heterocycles. The van der Waals surface area contributed by atoms with E-state index in [0.717, 1.165) is 6.07 Å². The van der Waals surface area contributed by atoms with Gasteiger partial charge >= 0.3 is 29.6 Å². The summed E-state index contributed by atoms with van der Waals surface area (Å²) >= 11 is 6.10. The van der Waals surface area contributed by atoms with Crippen molar-refractivity contribution in [3.05, 3.63) is 82.9 Å². The van der Waals surface area contributed by atoms with Crippen molar-refractivity contribution >= 4 is 55.5 Å². The number of nitrogens with one attached hydrogen (secondary N) is 1. The summed E-state index contributed by atoms with van der Waals surface area (Å²) in [5.74, 6) is -0.705. The maximum Gasteiger partial charge on any atom is 1.00 e. The van der Waals surface area contributed by atoms with Crippen LogP contribution in [-0.4, -0.2) is 31.1 Å². The molecule has 0 aliphatic carbocycles. The van der Waals surface area contributed by atoms with E-state index in [1.54, 1.807) is 55.5 Å². The van der Waals surface area contributed by atoms with Crippen LogP contribution in [0.4, 0.5) is 17.1 Å². The molecule has 12 heteroatoms. The smallest absolute Gasteiger partial charge is 0.744 e. The zero-order chi connectivity index (χ0) is 26.0. The summed E-state index contributed by atoms with van der Waals surface area (Å²) < 4.78 is 40.5. The van der Waals surface area contributed by atoms with Crippen LogP contribution in [0.1, 0.15) is 15.9 Å². The molecule has 9 nitrogen and oxygen atoms in total. The second kappa shape index (κ2) is 11.6. The monoisotopic (exact) mass is 547 g/mol. The minimum atomic E-state index is -4.89. The Hall–Kier alpha value is -2.99. The van der Waals surface area contributed by atoms with Gasteiger partial charge in [0.15, 0.2) is 5.75 Å². The van der Waals surface area contributed by atoms with E-state index in [9.17, 15) is 22.9 Å². The summed E-state index contributed by atoms with van der Waals surface area (Å²) in [6.45, 7) is 1.54. The van der Waals surface area contributed by atoms with E-state index < -0.39 is 26.7 Å². The first-order valence-corrected chi connectivity index (χ1v) is 12.3. The minimum Gasteiger partial charge on any atom is -0.744 e. The molecule has 0 saturated carbocycles. The van der Waals surface area contributed by atoms with E-state index in [4.69, 9.17) is 16.3 Å². The summed E-state index contributed by atoms with van der Waals surface area (Å²) in [6.07, 6.45) is 0. The van der Waals surface area contributed by atoms with E-state index in [1.807, 2.05) is 0 Å². The number of hydrogen-bond acceptors (Lipinski definition) is 8. The zero-order valence-electron chi connectivity index (χ0n) is 20.0. The van der Waals surface area contributed by atoms with E-state index in [-0.39, 0.29) is 51.5 Å². The third kappa shape index (κ3) is 6.12. The van der Waals surface area contributed by atoms with Gasteiger partial charge in [0.1, 0.15) is 27.2 Å². The molecule has 4 rings (SSSR count). The average Bonchev–Trinajstić information content (AvgIpc) is 2.84. The predicted molar refractivity (Wildman–Crippen MR) is 135 cm³/mol. The van der Waals surface area contributed by atoms with E-state index >= 15 is 0 Å². The number of azo groups is 1. The molecule has 0 radical (unpaired) electrons. The molecule has 0 aromatic heterocycles. The number of phenols is 1. The van der Waals surface area contributed by atoms with Crippen molar-refractivity contribution in [3.63, 3.8) is 0 Å². The number of aryl methyl sites for hydroxylation is 1.